The van der Waals surface area contributed by atoms with Crippen molar-refractivity contribution in [3.05, 3.63) is 29.8 Å². The first-order valence-corrected chi connectivity index (χ1v) is 10.2. The zero-order valence-electron chi connectivity index (χ0n) is 15.2. The van der Waals surface area contributed by atoms with E-state index in [1.165, 1.54) is 50.9 Å². The van der Waals surface area contributed by atoms with Crippen molar-refractivity contribution in [3.63, 3.8) is 0 Å². The van der Waals surface area contributed by atoms with Gasteiger partial charge in [0.25, 0.3) is 0 Å². The van der Waals surface area contributed by atoms with Crippen LogP contribution < -0.4 is 10.1 Å². The number of likely N-dealkylation sites (tertiary alicyclic amines) is 1. The molecule has 136 valence electrons. The van der Waals surface area contributed by atoms with Crippen LogP contribution in [-0.4, -0.2) is 43.4 Å². The van der Waals surface area contributed by atoms with Gasteiger partial charge in [-0.05, 0) is 61.7 Å². The predicted octanol–water partition coefficient (Wildman–Crippen LogP) is 3.99. The van der Waals surface area contributed by atoms with Crippen LogP contribution in [0, 0.1) is 5.92 Å². The summed E-state index contributed by atoms with van der Waals surface area (Å²) in [6, 6.07) is 8.43. The van der Waals surface area contributed by atoms with Crippen LogP contribution >= 0.6 is 12.6 Å². The average Bonchev–Trinajstić information content (AvgIpc) is 2.62. The van der Waals surface area contributed by atoms with E-state index in [1.807, 2.05) is 0 Å². The van der Waals surface area contributed by atoms with Crippen LogP contribution in [0.2, 0.25) is 0 Å². The summed E-state index contributed by atoms with van der Waals surface area (Å²) in [5.41, 5.74) is 1.32. The molecule has 0 aromatic heterocycles. The first kappa shape index (κ1) is 19.6. The van der Waals surface area contributed by atoms with Gasteiger partial charge in [-0.3, -0.25) is 0 Å². The second-order valence-electron chi connectivity index (χ2n) is 6.82. The van der Waals surface area contributed by atoms with Crippen molar-refractivity contribution < 1.29 is 4.74 Å². The highest BCUT2D eigenvalue weighted by Crippen LogP contribution is 2.21. The lowest BCUT2D eigenvalue weighted by molar-refractivity contribution is 0.179. The molecule has 24 heavy (non-hydrogen) atoms. The fraction of sp³-hybridized carbons (Fsp3) is 0.700. The summed E-state index contributed by atoms with van der Waals surface area (Å²) >= 11 is 4.19. The van der Waals surface area contributed by atoms with Gasteiger partial charge >= 0.3 is 0 Å². The monoisotopic (exact) mass is 350 g/mol. The summed E-state index contributed by atoms with van der Waals surface area (Å²) in [6.45, 7) is 8.79. The molecule has 1 heterocycles. The maximum atomic E-state index is 5.66. The second kappa shape index (κ2) is 11.8. The molecule has 0 unspecified atom stereocenters. The minimum absolute atomic E-state index is 0.746. The van der Waals surface area contributed by atoms with Gasteiger partial charge in [-0.15, -0.1) is 0 Å². The molecule has 0 bridgehead atoms. The lowest BCUT2D eigenvalue weighted by Crippen LogP contribution is -2.38. The Morgan fingerprint density at radius 3 is 2.62 bits per heavy atom. The molecule has 1 aromatic rings. The van der Waals surface area contributed by atoms with Gasteiger partial charge in [0.05, 0.1) is 6.61 Å². The predicted molar refractivity (Wildman–Crippen MR) is 106 cm³/mol. The minimum atomic E-state index is 0.746. The molecular formula is C20H34N2OS. The highest BCUT2D eigenvalue weighted by Gasteiger charge is 2.17. The molecule has 1 fully saturated rings. The Hall–Kier alpha value is -0.710. The van der Waals surface area contributed by atoms with Gasteiger partial charge < -0.3 is 15.0 Å². The number of rotatable bonds is 11. The van der Waals surface area contributed by atoms with Crippen LogP contribution in [0.25, 0.3) is 0 Å². The molecule has 0 aliphatic carbocycles. The standard InChI is InChI=1S/C20H34N2OS/c1-2-4-18-9-12-22(13-10-18)14-11-21-17-19-5-7-20(8-6-19)23-15-3-16-24/h5-8,18,21,24H,2-4,9-17H2,1H3. The SMILES string of the molecule is CCCC1CCN(CCNCc2ccc(OCCCS)cc2)CC1. The zero-order chi connectivity index (χ0) is 17.0. The van der Waals surface area contributed by atoms with Gasteiger partial charge in [0, 0.05) is 19.6 Å². The molecule has 1 saturated heterocycles. The Bertz CT molecular complexity index is 430. The number of ether oxygens (including phenoxy) is 1. The molecule has 3 nitrogen and oxygen atoms in total. The van der Waals surface area contributed by atoms with Crippen LogP contribution in [0.15, 0.2) is 24.3 Å². The Morgan fingerprint density at radius 1 is 1.21 bits per heavy atom. The third kappa shape index (κ3) is 7.45. The normalized spacial score (nSPS) is 16.4. The molecule has 1 aromatic carbocycles. The maximum absolute atomic E-state index is 5.66. The maximum Gasteiger partial charge on any atom is 0.119 e. The smallest absolute Gasteiger partial charge is 0.119 e. The number of thiol groups is 1. The molecule has 0 radical (unpaired) electrons. The van der Waals surface area contributed by atoms with Gasteiger partial charge in [0.2, 0.25) is 0 Å². The fourth-order valence-corrected chi connectivity index (χ4v) is 3.46. The van der Waals surface area contributed by atoms with E-state index in [1.54, 1.807) is 0 Å². The molecule has 1 aliphatic heterocycles. The van der Waals surface area contributed by atoms with E-state index in [2.05, 4.69) is 54.0 Å². The van der Waals surface area contributed by atoms with Crippen LogP contribution in [0.5, 0.6) is 5.75 Å². The number of nitrogens with one attached hydrogen (secondary N) is 1. The molecular weight excluding hydrogens is 316 g/mol. The molecule has 0 amide bonds. The van der Waals surface area contributed by atoms with E-state index in [9.17, 15) is 0 Å². The van der Waals surface area contributed by atoms with Crippen molar-refractivity contribution in [2.75, 3.05) is 38.5 Å². The highest BCUT2D eigenvalue weighted by atomic mass is 32.1. The fourth-order valence-electron chi connectivity index (χ4n) is 3.33. The Balaban J connectivity index is 1.56. The molecule has 4 heteroatoms. The molecule has 0 spiro atoms. The van der Waals surface area contributed by atoms with Crippen molar-refractivity contribution in [2.45, 2.75) is 45.6 Å². The molecule has 0 atom stereocenters. The van der Waals surface area contributed by atoms with E-state index < -0.39 is 0 Å². The molecule has 1 N–H and O–H groups in total. The second-order valence-corrected chi connectivity index (χ2v) is 7.27. The van der Waals surface area contributed by atoms with E-state index >= 15 is 0 Å². The average molecular weight is 351 g/mol. The van der Waals surface area contributed by atoms with Gasteiger partial charge in [-0.25, -0.2) is 0 Å². The quantitative estimate of drug-likeness (QED) is 0.466. The number of benzene rings is 1. The number of hydrogen-bond acceptors (Lipinski definition) is 4. The first-order chi connectivity index (χ1) is 11.8. The molecule has 1 aliphatic rings. The summed E-state index contributed by atoms with van der Waals surface area (Å²) in [7, 11) is 0. The zero-order valence-corrected chi connectivity index (χ0v) is 16.1. The van der Waals surface area contributed by atoms with Crippen LogP contribution in [0.3, 0.4) is 0 Å². The number of piperidine rings is 1. The van der Waals surface area contributed by atoms with Crippen molar-refractivity contribution in [2.24, 2.45) is 5.92 Å². The van der Waals surface area contributed by atoms with Gasteiger partial charge in [0.15, 0.2) is 0 Å². The lowest BCUT2D eigenvalue weighted by Gasteiger charge is -2.31. The Labute approximate surface area is 153 Å². The van der Waals surface area contributed by atoms with Crippen molar-refractivity contribution >= 4 is 12.6 Å². The summed E-state index contributed by atoms with van der Waals surface area (Å²) in [4.78, 5) is 2.61. The number of hydrogen-bond donors (Lipinski definition) is 2. The van der Waals surface area contributed by atoms with Crippen molar-refractivity contribution in [1.29, 1.82) is 0 Å². The Morgan fingerprint density at radius 2 is 1.96 bits per heavy atom. The third-order valence-corrected chi connectivity index (χ3v) is 5.15. The molecule has 0 saturated carbocycles. The molecule has 2 rings (SSSR count). The van der Waals surface area contributed by atoms with Crippen LogP contribution in [0.1, 0.15) is 44.6 Å². The van der Waals surface area contributed by atoms with Crippen molar-refractivity contribution in [1.82, 2.24) is 10.2 Å². The van der Waals surface area contributed by atoms with Gasteiger partial charge in [-0.1, -0.05) is 31.9 Å². The topological polar surface area (TPSA) is 24.5 Å². The largest absolute Gasteiger partial charge is 0.494 e. The third-order valence-electron chi connectivity index (χ3n) is 4.83. The summed E-state index contributed by atoms with van der Waals surface area (Å²) < 4.78 is 5.66. The summed E-state index contributed by atoms with van der Waals surface area (Å²) in [5.74, 6) is 2.81. The first-order valence-electron chi connectivity index (χ1n) is 9.57. The van der Waals surface area contributed by atoms with E-state index in [4.69, 9.17) is 4.74 Å². The Kier molecular flexibility index (Phi) is 9.62. The summed E-state index contributed by atoms with van der Waals surface area (Å²) in [6.07, 6.45) is 6.53. The van der Waals surface area contributed by atoms with Crippen LogP contribution in [0.4, 0.5) is 0 Å². The van der Waals surface area contributed by atoms with E-state index in [0.29, 0.717) is 0 Å². The minimum Gasteiger partial charge on any atom is -0.494 e. The summed E-state index contributed by atoms with van der Waals surface area (Å²) in [5, 5.41) is 3.56. The van der Waals surface area contributed by atoms with E-state index in [-0.39, 0.29) is 0 Å². The van der Waals surface area contributed by atoms with Gasteiger partial charge in [-0.2, -0.15) is 12.6 Å². The van der Waals surface area contributed by atoms with Gasteiger partial charge in [0.1, 0.15) is 5.75 Å². The van der Waals surface area contributed by atoms with Crippen LogP contribution in [-0.2, 0) is 6.54 Å². The van der Waals surface area contributed by atoms with Crippen molar-refractivity contribution in [3.8, 4) is 5.75 Å². The lowest BCUT2D eigenvalue weighted by atomic mass is 9.92. The number of nitrogens with zero attached hydrogens (tertiary/aromatic N) is 1. The highest BCUT2D eigenvalue weighted by molar-refractivity contribution is 7.80. The van der Waals surface area contributed by atoms with E-state index in [0.717, 1.165) is 43.5 Å².